The van der Waals surface area contributed by atoms with E-state index in [0.717, 1.165) is 25.1 Å². The van der Waals surface area contributed by atoms with Gasteiger partial charge in [0.05, 0.1) is 5.56 Å². The summed E-state index contributed by atoms with van der Waals surface area (Å²) in [5, 5.41) is 3.98. The first kappa shape index (κ1) is 11.5. The number of carbonyl (C=O) groups is 1. The van der Waals surface area contributed by atoms with E-state index in [-0.39, 0.29) is 18.3 Å². The third-order valence-corrected chi connectivity index (χ3v) is 3.05. The molecule has 0 atom stereocenters. The van der Waals surface area contributed by atoms with Crippen LogP contribution < -0.4 is 5.73 Å². The fraction of sp³-hybridized carbons (Fsp3) is 0.444. The topological polar surface area (TPSA) is 46.3 Å². The molecule has 0 saturated heterocycles. The van der Waals surface area contributed by atoms with Crippen LogP contribution in [0.25, 0.3) is 0 Å². The molecule has 0 unspecified atom stereocenters. The average Bonchev–Trinajstić information content (AvgIpc) is 2.67. The van der Waals surface area contributed by atoms with Crippen LogP contribution in [0.3, 0.4) is 0 Å². The van der Waals surface area contributed by atoms with Crippen molar-refractivity contribution >= 4 is 29.7 Å². The van der Waals surface area contributed by atoms with Crippen molar-refractivity contribution in [2.24, 2.45) is 5.73 Å². The Morgan fingerprint density at radius 1 is 1.50 bits per heavy atom. The van der Waals surface area contributed by atoms with Crippen LogP contribution in [0.15, 0.2) is 10.8 Å². The lowest BCUT2D eigenvalue weighted by Crippen LogP contribution is -2.26. The van der Waals surface area contributed by atoms with E-state index in [1.807, 2.05) is 10.3 Å². The van der Waals surface area contributed by atoms with Crippen LogP contribution in [0.5, 0.6) is 0 Å². The van der Waals surface area contributed by atoms with E-state index in [1.165, 1.54) is 5.56 Å². The van der Waals surface area contributed by atoms with Gasteiger partial charge in [0.15, 0.2) is 0 Å². The summed E-state index contributed by atoms with van der Waals surface area (Å²) in [4.78, 5) is 13.5. The minimum absolute atomic E-state index is 0. The van der Waals surface area contributed by atoms with E-state index < -0.39 is 0 Å². The molecule has 0 fully saturated rings. The largest absolute Gasteiger partial charge is 0.334 e. The maximum Gasteiger partial charge on any atom is 0.255 e. The highest BCUT2D eigenvalue weighted by molar-refractivity contribution is 7.08. The summed E-state index contributed by atoms with van der Waals surface area (Å²) >= 11 is 1.60. The van der Waals surface area contributed by atoms with Crippen LogP contribution in [0.1, 0.15) is 22.3 Å². The summed E-state index contributed by atoms with van der Waals surface area (Å²) in [6, 6.07) is 0. The number of carbonyl (C=O) groups excluding carboxylic acids is 1. The minimum Gasteiger partial charge on any atom is -0.334 e. The molecule has 0 saturated carbocycles. The van der Waals surface area contributed by atoms with Crippen molar-refractivity contribution in [3.8, 4) is 0 Å². The van der Waals surface area contributed by atoms with Crippen molar-refractivity contribution in [3.63, 3.8) is 0 Å². The van der Waals surface area contributed by atoms with Gasteiger partial charge in [-0.05, 0) is 23.9 Å². The Hall–Kier alpha value is -0.580. The van der Waals surface area contributed by atoms with Gasteiger partial charge in [0.1, 0.15) is 0 Å². The summed E-state index contributed by atoms with van der Waals surface area (Å²) < 4.78 is 0. The Morgan fingerprint density at radius 3 is 2.93 bits per heavy atom. The van der Waals surface area contributed by atoms with Gasteiger partial charge in [-0.2, -0.15) is 11.3 Å². The van der Waals surface area contributed by atoms with Gasteiger partial charge >= 0.3 is 0 Å². The molecule has 0 aromatic carbocycles. The third-order valence-electron chi connectivity index (χ3n) is 2.25. The molecule has 0 spiro atoms. The zero-order valence-corrected chi connectivity index (χ0v) is 9.37. The summed E-state index contributed by atoms with van der Waals surface area (Å²) in [6.45, 7) is 2.21. The second kappa shape index (κ2) is 4.77. The molecule has 0 radical (unpaired) electrons. The van der Waals surface area contributed by atoms with Crippen molar-refractivity contribution in [1.82, 2.24) is 4.90 Å². The van der Waals surface area contributed by atoms with Crippen molar-refractivity contribution in [2.45, 2.75) is 13.0 Å². The number of hydrogen-bond donors (Lipinski definition) is 1. The standard InChI is InChI=1S/C9H12N2OS.ClH/c10-2-1-3-11-4-7-5-13-6-8(7)9(11)12;/h5-6H,1-4,10H2;1H. The van der Waals surface area contributed by atoms with E-state index in [2.05, 4.69) is 5.38 Å². The van der Waals surface area contributed by atoms with E-state index in [4.69, 9.17) is 5.73 Å². The molecule has 2 rings (SSSR count). The quantitative estimate of drug-likeness (QED) is 0.858. The van der Waals surface area contributed by atoms with Gasteiger partial charge in [-0.15, -0.1) is 12.4 Å². The number of fused-ring (bicyclic) bond motifs is 1. The number of amides is 1. The molecular weight excluding hydrogens is 220 g/mol. The fourth-order valence-corrected chi connectivity index (χ4v) is 2.37. The van der Waals surface area contributed by atoms with Crippen LogP contribution in [-0.4, -0.2) is 23.9 Å². The van der Waals surface area contributed by atoms with E-state index in [0.29, 0.717) is 6.54 Å². The summed E-state index contributed by atoms with van der Waals surface area (Å²) in [6.07, 6.45) is 0.888. The van der Waals surface area contributed by atoms with Gasteiger partial charge in [-0.3, -0.25) is 4.79 Å². The molecule has 1 aliphatic rings. The van der Waals surface area contributed by atoms with Gasteiger partial charge in [0.2, 0.25) is 0 Å². The normalized spacial score (nSPS) is 14.1. The molecule has 0 aliphatic carbocycles. The zero-order chi connectivity index (χ0) is 9.26. The second-order valence-electron chi connectivity index (χ2n) is 3.18. The van der Waals surface area contributed by atoms with Crippen molar-refractivity contribution < 1.29 is 4.79 Å². The predicted octanol–water partition coefficient (Wildman–Crippen LogP) is 1.47. The Labute approximate surface area is 93.3 Å². The third kappa shape index (κ3) is 1.92. The molecule has 2 heterocycles. The van der Waals surface area contributed by atoms with Crippen LogP contribution in [0.4, 0.5) is 0 Å². The number of thiophene rings is 1. The number of rotatable bonds is 3. The molecule has 1 aromatic rings. The van der Waals surface area contributed by atoms with E-state index in [1.54, 1.807) is 11.3 Å². The lowest BCUT2D eigenvalue weighted by atomic mass is 10.2. The number of nitrogens with two attached hydrogens (primary N) is 1. The summed E-state index contributed by atoms with van der Waals surface area (Å²) in [7, 11) is 0. The Morgan fingerprint density at radius 2 is 2.29 bits per heavy atom. The number of hydrogen-bond acceptors (Lipinski definition) is 3. The summed E-state index contributed by atoms with van der Waals surface area (Å²) in [5.74, 6) is 0.171. The van der Waals surface area contributed by atoms with Crippen LogP contribution in [-0.2, 0) is 6.54 Å². The minimum atomic E-state index is 0. The maximum atomic E-state index is 11.7. The monoisotopic (exact) mass is 232 g/mol. The Kier molecular flexibility index (Phi) is 3.92. The van der Waals surface area contributed by atoms with Gasteiger partial charge < -0.3 is 10.6 Å². The van der Waals surface area contributed by atoms with Crippen LogP contribution >= 0.6 is 23.7 Å². The van der Waals surface area contributed by atoms with Gasteiger partial charge in [-0.25, -0.2) is 0 Å². The molecular formula is C9H13ClN2OS. The average molecular weight is 233 g/mol. The number of halogens is 1. The van der Waals surface area contributed by atoms with E-state index >= 15 is 0 Å². The first-order chi connectivity index (χ1) is 6.33. The molecule has 0 bridgehead atoms. The van der Waals surface area contributed by atoms with Crippen LogP contribution in [0, 0.1) is 0 Å². The fourth-order valence-electron chi connectivity index (χ4n) is 1.54. The molecule has 14 heavy (non-hydrogen) atoms. The molecule has 1 aromatic heterocycles. The highest BCUT2D eigenvalue weighted by Gasteiger charge is 2.26. The first-order valence-corrected chi connectivity index (χ1v) is 5.31. The molecule has 5 heteroatoms. The highest BCUT2D eigenvalue weighted by Crippen LogP contribution is 2.25. The van der Waals surface area contributed by atoms with Crippen molar-refractivity contribution in [3.05, 3.63) is 21.9 Å². The highest BCUT2D eigenvalue weighted by atomic mass is 35.5. The molecule has 1 amide bonds. The number of nitrogens with zero attached hydrogens (tertiary/aromatic N) is 1. The van der Waals surface area contributed by atoms with Crippen LogP contribution in [0.2, 0.25) is 0 Å². The van der Waals surface area contributed by atoms with Gasteiger partial charge in [0.25, 0.3) is 5.91 Å². The molecule has 2 N–H and O–H groups in total. The molecule has 78 valence electrons. The van der Waals surface area contributed by atoms with Gasteiger partial charge in [-0.1, -0.05) is 0 Å². The SMILES string of the molecule is Cl.NCCCN1Cc2cscc2C1=O. The summed E-state index contributed by atoms with van der Waals surface area (Å²) in [5.41, 5.74) is 7.46. The molecule has 3 nitrogen and oxygen atoms in total. The smallest absolute Gasteiger partial charge is 0.255 e. The maximum absolute atomic E-state index is 11.7. The second-order valence-corrected chi connectivity index (χ2v) is 3.92. The molecule has 1 aliphatic heterocycles. The zero-order valence-electron chi connectivity index (χ0n) is 7.73. The van der Waals surface area contributed by atoms with E-state index in [9.17, 15) is 4.79 Å². The van der Waals surface area contributed by atoms with Crippen molar-refractivity contribution in [1.29, 1.82) is 0 Å². The Bertz CT molecular complexity index is 326. The van der Waals surface area contributed by atoms with Gasteiger partial charge in [0, 0.05) is 18.5 Å². The predicted molar refractivity (Wildman–Crippen MR) is 60.0 cm³/mol. The first-order valence-electron chi connectivity index (χ1n) is 4.37. The Balaban J connectivity index is 0.000000980. The lowest BCUT2D eigenvalue weighted by Gasteiger charge is -2.14. The van der Waals surface area contributed by atoms with Crippen molar-refractivity contribution in [2.75, 3.05) is 13.1 Å². The lowest BCUT2D eigenvalue weighted by molar-refractivity contribution is 0.0778.